The van der Waals surface area contributed by atoms with E-state index >= 15 is 0 Å². The van der Waals surface area contributed by atoms with Crippen molar-refractivity contribution >= 4 is 17.9 Å². The Balaban J connectivity index is 2.52. The van der Waals surface area contributed by atoms with E-state index in [1.54, 1.807) is 45.9 Å². The fraction of sp³-hybridized carbons (Fsp3) is 0.500. The minimum absolute atomic E-state index is 0.130. The second-order valence-electron chi connectivity index (χ2n) is 7.43. The number of hydrogen-bond acceptors (Lipinski definition) is 7. The summed E-state index contributed by atoms with van der Waals surface area (Å²) in [5.74, 6) is -2.25. The number of carbonyl (C=O) groups excluding carboxylic acids is 3. The summed E-state index contributed by atoms with van der Waals surface area (Å²) in [5, 5.41) is 10.6. The van der Waals surface area contributed by atoms with Crippen molar-refractivity contribution in [1.82, 2.24) is 0 Å². The number of fused-ring (bicyclic) bond motifs is 1. The van der Waals surface area contributed by atoms with Gasteiger partial charge in [0.15, 0.2) is 0 Å². The van der Waals surface area contributed by atoms with Crippen molar-refractivity contribution in [2.24, 2.45) is 5.92 Å². The number of esters is 3. The zero-order valence-electron chi connectivity index (χ0n) is 17.4. The molecular weight excluding hydrogens is 376 g/mol. The molecule has 0 spiro atoms. The molecule has 1 aliphatic carbocycles. The van der Waals surface area contributed by atoms with E-state index in [1.165, 1.54) is 6.92 Å². The third kappa shape index (κ3) is 5.23. The number of ether oxygens (including phenoxy) is 3. The van der Waals surface area contributed by atoms with E-state index in [1.807, 2.05) is 0 Å². The van der Waals surface area contributed by atoms with Crippen molar-refractivity contribution < 1.29 is 33.7 Å². The molecule has 0 amide bonds. The van der Waals surface area contributed by atoms with Crippen LogP contribution in [0.2, 0.25) is 0 Å². The third-order valence-electron chi connectivity index (χ3n) is 5.25. The highest BCUT2D eigenvalue weighted by Gasteiger charge is 2.44. The molecule has 158 valence electrons. The highest BCUT2D eigenvalue weighted by Crippen LogP contribution is 2.36. The Labute approximate surface area is 170 Å². The van der Waals surface area contributed by atoms with Crippen LogP contribution in [0.4, 0.5) is 0 Å². The van der Waals surface area contributed by atoms with Gasteiger partial charge in [0.2, 0.25) is 0 Å². The topological polar surface area (TPSA) is 99.1 Å². The summed E-state index contributed by atoms with van der Waals surface area (Å²) in [7, 11) is 0. The van der Waals surface area contributed by atoms with E-state index in [2.05, 4.69) is 6.58 Å². The number of hydrogen-bond donors (Lipinski definition) is 1. The molecule has 0 aromatic heterocycles. The maximum atomic E-state index is 12.4. The van der Waals surface area contributed by atoms with Crippen LogP contribution in [0.5, 0.6) is 0 Å². The van der Waals surface area contributed by atoms with Crippen molar-refractivity contribution in [2.45, 2.75) is 65.5 Å². The van der Waals surface area contributed by atoms with Crippen LogP contribution >= 0.6 is 0 Å². The van der Waals surface area contributed by atoms with Crippen molar-refractivity contribution in [3.05, 3.63) is 47.1 Å². The van der Waals surface area contributed by atoms with E-state index < -0.39 is 48.2 Å². The number of aliphatic hydroxyl groups excluding tert-OH is 1. The van der Waals surface area contributed by atoms with Gasteiger partial charge >= 0.3 is 17.9 Å². The predicted octanol–water partition coefficient (Wildman–Crippen LogP) is 2.55. The molecule has 0 aromatic rings. The largest absolute Gasteiger partial charge is 0.458 e. The van der Waals surface area contributed by atoms with E-state index in [0.29, 0.717) is 16.7 Å². The van der Waals surface area contributed by atoms with Crippen LogP contribution in [0.25, 0.3) is 0 Å². The molecule has 0 saturated carbocycles. The van der Waals surface area contributed by atoms with Crippen LogP contribution in [0.1, 0.15) is 41.0 Å². The molecule has 1 heterocycles. The van der Waals surface area contributed by atoms with Crippen molar-refractivity contribution in [3.8, 4) is 0 Å². The molecule has 1 aliphatic heterocycles. The highest BCUT2D eigenvalue weighted by atomic mass is 16.6. The van der Waals surface area contributed by atoms with Gasteiger partial charge in [-0.15, -0.1) is 0 Å². The Bertz CT molecular complexity index is 802. The molecule has 7 heteroatoms. The monoisotopic (exact) mass is 404 g/mol. The van der Waals surface area contributed by atoms with Gasteiger partial charge in [0.25, 0.3) is 0 Å². The van der Waals surface area contributed by atoms with Gasteiger partial charge in [0.05, 0.1) is 12.0 Å². The van der Waals surface area contributed by atoms with Gasteiger partial charge in [-0.05, 0) is 51.0 Å². The quantitative estimate of drug-likeness (QED) is 0.334. The standard InChI is InChI=1S/C22H28O7/c1-7-11(2)21(25)28-18-8-12(3)16(24)10-17(27-15(6)23)13(4)9-19-20(18)14(5)22(26)29-19/h7-9,16-20,24H,5,10H2,1-4,6H3/b11-7-,12-8-,13-9-/t16-,17+,18-,19-,20-/m1/s1. The van der Waals surface area contributed by atoms with Crippen LogP contribution in [-0.4, -0.2) is 47.4 Å². The van der Waals surface area contributed by atoms with Crippen LogP contribution in [0.15, 0.2) is 47.1 Å². The van der Waals surface area contributed by atoms with Gasteiger partial charge in [0.1, 0.15) is 18.3 Å². The van der Waals surface area contributed by atoms with Crippen molar-refractivity contribution in [1.29, 1.82) is 0 Å². The zero-order chi connectivity index (χ0) is 21.9. The molecule has 7 nitrogen and oxygen atoms in total. The SMILES string of the molecule is C=C1C(=O)O[C@@H]2/C=C(/C)[C@@H](OC(C)=O)C[C@@H](O)/C(C)=C\[C@@H](OC(=O)/C(C)=C\C)[C@@H]12. The first-order chi connectivity index (χ1) is 13.5. The lowest BCUT2D eigenvalue weighted by Crippen LogP contribution is -2.34. The summed E-state index contributed by atoms with van der Waals surface area (Å²) < 4.78 is 16.4. The highest BCUT2D eigenvalue weighted by molar-refractivity contribution is 5.92. The lowest BCUT2D eigenvalue weighted by atomic mass is 9.85. The average Bonchev–Trinajstić information content (AvgIpc) is 2.92. The van der Waals surface area contributed by atoms with Crippen molar-refractivity contribution in [3.63, 3.8) is 0 Å². The first kappa shape index (κ1) is 22.6. The molecule has 1 fully saturated rings. The summed E-state index contributed by atoms with van der Waals surface area (Å²) in [6.45, 7) is 11.9. The molecular formula is C22H28O7. The summed E-state index contributed by atoms with van der Waals surface area (Å²) in [5.41, 5.74) is 1.75. The van der Waals surface area contributed by atoms with Gasteiger partial charge in [-0.2, -0.15) is 0 Å². The molecule has 1 saturated heterocycles. The van der Waals surface area contributed by atoms with Crippen LogP contribution in [-0.2, 0) is 28.6 Å². The molecule has 0 aromatic carbocycles. The number of carbonyl (C=O) groups is 3. The Kier molecular flexibility index (Phi) is 7.19. The normalized spacial score (nSPS) is 34.1. The Morgan fingerprint density at radius 3 is 2.45 bits per heavy atom. The van der Waals surface area contributed by atoms with Crippen molar-refractivity contribution in [2.75, 3.05) is 0 Å². The van der Waals surface area contributed by atoms with Gasteiger partial charge in [-0.1, -0.05) is 12.7 Å². The summed E-state index contributed by atoms with van der Waals surface area (Å²) in [6.07, 6.45) is 1.82. The summed E-state index contributed by atoms with van der Waals surface area (Å²) in [4.78, 5) is 36.1. The fourth-order valence-corrected chi connectivity index (χ4v) is 3.33. The fourth-order valence-electron chi connectivity index (χ4n) is 3.33. The van der Waals surface area contributed by atoms with Gasteiger partial charge in [0, 0.05) is 24.5 Å². The summed E-state index contributed by atoms with van der Waals surface area (Å²) in [6, 6.07) is 0. The minimum Gasteiger partial charge on any atom is -0.458 e. The first-order valence-electron chi connectivity index (χ1n) is 9.50. The van der Waals surface area contributed by atoms with Gasteiger partial charge in [-0.25, -0.2) is 9.59 Å². The molecule has 0 unspecified atom stereocenters. The van der Waals surface area contributed by atoms with Crippen LogP contribution in [0.3, 0.4) is 0 Å². The Morgan fingerprint density at radius 2 is 1.86 bits per heavy atom. The average molecular weight is 404 g/mol. The smallest absolute Gasteiger partial charge is 0.334 e. The zero-order valence-corrected chi connectivity index (χ0v) is 17.4. The van der Waals surface area contributed by atoms with E-state index in [4.69, 9.17) is 14.2 Å². The van der Waals surface area contributed by atoms with Crippen LogP contribution in [0, 0.1) is 5.92 Å². The lowest BCUT2D eigenvalue weighted by molar-refractivity contribution is -0.147. The Hall–Kier alpha value is -2.67. The molecule has 0 bridgehead atoms. The van der Waals surface area contributed by atoms with Gasteiger partial charge < -0.3 is 19.3 Å². The van der Waals surface area contributed by atoms with E-state index in [9.17, 15) is 19.5 Å². The minimum atomic E-state index is -0.936. The second kappa shape index (κ2) is 9.22. The second-order valence-corrected chi connectivity index (χ2v) is 7.43. The number of aliphatic hydroxyl groups is 1. The molecule has 0 radical (unpaired) electrons. The first-order valence-corrected chi connectivity index (χ1v) is 9.50. The molecule has 29 heavy (non-hydrogen) atoms. The lowest BCUT2D eigenvalue weighted by Gasteiger charge is -2.29. The molecule has 2 rings (SSSR count). The molecule has 2 aliphatic rings. The predicted molar refractivity (Wildman–Crippen MR) is 106 cm³/mol. The van der Waals surface area contributed by atoms with E-state index in [-0.39, 0.29) is 12.0 Å². The molecule has 1 N–H and O–H groups in total. The maximum absolute atomic E-state index is 12.4. The van der Waals surface area contributed by atoms with Crippen LogP contribution < -0.4 is 0 Å². The van der Waals surface area contributed by atoms with Gasteiger partial charge in [-0.3, -0.25) is 4.79 Å². The molecule has 5 atom stereocenters. The number of rotatable bonds is 3. The van der Waals surface area contributed by atoms with E-state index in [0.717, 1.165) is 0 Å². The third-order valence-corrected chi connectivity index (χ3v) is 5.25. The summed E-state index contributed by atoms with van der Waals surface area (Å²) >= 11 is 0. The Morgan fingerprint density at radius 1 is 1.21 bits per heavy atom. The maximum Gasteiger partial charge on any atom is 0.334 e. The number of allylic oxidation sites excluding steroid dienone is 1.